The van der Waals surface area contributed by atoms with Crippen molar-refractivity contribution in [3.63, 3.8) is 0 Å². The van der Waals surface area contributed by atoms with Gasteiger partial charge in [0.1, 0.15) is 6.67 Å². The van der Waals surface area contributed by atoms with E-state index >= 15 is 0 Å². The Morgan fingerprint density at radius 2 is 0.830 bits per heavy atom. The number of rotatable bonds is 27. The fourth-order valence-electron chi connectivity index (χ4n) is 9.20. The van der Waals surface area contributed by atoms with Crippen LogP contribution in [0.5, 0.6) is 0 Å². The van der Waals surface area contributed by atoms with Crippen LogP contribution < -0.4 is 10.6 Å². The summed E-state index contributed by atoms with van der Waals surface area (Å²) in [7, 11) is 10.4. The van der Waals surface area contributed by atoms with E-state index in [1.165, 1.54) is 115 Å². The number of alkyl halides is 1. The zero-order valence-electron chi connectivity index (χ0n) is 69.1. The van der Waals surface area contributed by atoms with E-state index in [2.05, 4.69) is 313 Å². The average molecular weight is 1330 g/mol. The van der Waals surface area contributed by atoms with Crippen molar-refractivity contribution < 1.29 is 9.50 Å². The van der Waals surface area contributed by atoms with Crippen LogP contribution in [0.1, 0.15) is 256 Å². The number of hydrogen-bond donors (Lipinski definition) is 3. The number of aliphatic hydroxyl groups excluding tert-OH is 1. The van der Waals surface area contributed by atoms with Gasteiger partial charge in [0.05, 0.1) is 6.61 Å². The standard InChI is InChI=1S/C12H19N.C10H15N.3C7H15N.2C7H17N.C6H14FN.C6H15NO.C6H13N.C6H15N/c1-4-13(11(2)3)10-12-8-6-5-7-9-12;1-9(2)11-8-10-6-4-3-5-7-10;1-6(2)8(3)7-4-5-7;1-7(2)8-5-3-4-6-8;1-6(2)8-7-4-3-5-7;1-5-6-8(4)7(2)3;1-5-8(6-2)7(3)4;1-6(2)8(3)5-4-7;1-6(2)7(3)4-5-8;1-6(2)7-4-3-5-7;1-5-7(4)6(2)3/h5-9,11H,4,10H2,1-3H3;3-7,9,11H,8H2,1-2H3;6-7H,4-5H2,1-3H3;7H,3-6H2,1-2H3;6-8H,3-5H2,1-2H3;2*7H,5-6H2,1-4H3;6H,4-5H2,1-3H3;6,8H,4-5H2,1-3H3;6H,3-5H2,1-2H3;6H,5H2,1-4H3. The third-order valence-corrected chi connectivity index (χ3v) is 18.1. The van der Waals surface area contributed by atoms with Crippen molar-refractivity contribution in [2.75, 3.05) is 121 Å². The van der Waals surface area contributed by atoms with Crippen molar-refractivity contribution in [3.05, 3.63) is 71.8 Å². The van der Waals surface area contributed by atoms with E-state index in [0.717, 1.165) is 62.9 Å². The Morgan fingerprint density at radius 1 is 0.436 bits per heavy atom. The fourth-order valence-corrected chi connectivity index (χ4v) is 9.20. The Hall–Kier alpha value is -2.11. The third-order valence-electron chi connectivity index (χ3n) is 18.1. The van der Waals surface area contributed by atoms with Gasteiger partial charge >= 0.3 is 0 Å². The molecule has 2 heterocycles. The van der Waals surface area contributed by atoms with E-state index in [4.69, 9.17) is 5.11 Å². The third kappa shape index (κ3) is 63.3. The van der Waals surface area contributed by atoms with Crippen molar-refractivity contribution in [2.24, 2.45) is 0 Å². The molecule has 0 spiro atoms. The molecule has 2 saturated carbocycles. The van der Waals surface area contributed by atoms with E-state index in [1.807, 2.05) is 25.1 Å². The molecule has 2 aromatic carbocycles. The minimum Gasteiger partial charge on any atom is -0.395 e. The molecule has 0 atom stereocenters. The minimum absolute atomic E-state index is 0.241. The zero-order chi connectivity index (χ0) is 73.3. The molecule has 2 aliphatic carbocycles. The van der Waals surface area contributed by atoms with Crippen molar-refractivity contribution in [3.8, 4) is 0 Å². The lowest BCUT2D eigenvalue weighted by molar-refractivity contribution is 0.138. The Balaban J connectivity index is -0.000000311. The number of nitrogens with zero attached hydrogens (tertiary/aromatic N) is 9. The van der Waals surface area contributed by atoms with Crippen LogP contribution in [0.2, 0.25) is 0 Å². The number of likely N-dealkylation sites (tertiary alicyclic amines) is 2. The molecule has 0 unspecified atom stereocenters. The van der Waals surface area contributed by atoms with Gasteiger partial charge in [-0.3, -0.25) is 4.90 Å². The van der Waals surface area contributed by atoms with Gasteiger partial charge in [0, 0.05) is 105 Å². The second-order valence-corrected chi connectivity index (χ2v) is 29.5. The van der Waals surface area contributed by atoms with Crippen LogP contribution in [0.3, 0.4) is 0 Å². The molecular weight excluding hydrogens is 1160 g/mol. The highest BCUT2D eigenvalue weighted by Gasteiger charge is 2.27. The molecular formula is C81H170FN11O. The number of hydrogen-bond acceptors (Lipinski definition) is 12. The van der Waals surface area contributed by atoms with Gasteiger partial charge in [-0.15, -0.1) is 0 Å². The number of nitrogens with one attached hydrogen (secondary N) is 2. The van der Waals surface area contributed by atoms with Crippen LogP contribution in [0.15, 0.2) is 60.7 Å². The Kier molecular flexibility index (Phi) is 70.1. The summed E-state index contributed by atoms with van der Waals surface area (Å²) in [5.74, 6) is 0. The summed E-state index contributed by atoms with van der Waals surface area (Å²) in [5, 5.41) is 15.3. The summed E-state index contributed by atoms with van der Waals surface area (Å²) in [6, 6.07) is 30.2. The summed E-state index contributed by atoms with van der Waals surface area (Å²) in [6.45, 7) is 73.9. The number of likely N-dealkylation sites (N-methyl/N-ethyl adjacent to an activating group) is 1. The van der Waals surface area contributed by atoms with E-state index in [9.17, 15) is 4.39 Å². The first-order valence-electron chi connectivity index (χ1n) is 38.3. The molecule has 3 N–H and O–H groups in total. The number of benzene rings is 2. The van der Waals surface area contributed by atoms with E-state index in [-0.39, 0.29) is 13.3 Å². The first kappa shape index (κ1) is 101. The summed E-state index contributed by atoms with van der Waals surface area (Å²) >= 11 is 0. The first-order chi connectivity index (χ1) is 44.1. The van der Waals surface area contributed by atoms with E-state index in [0.29, 0.717) is 54.9 Å². The summed E-state index contributed by atoms with van der Waals surface area (Å²) in [4.78, 5) is 21.0. The van der Waals surface area contributed by atoms with E-state index < -0.39 is 0 Å². The molecule has 6 rings (SSSR count). The van der Waals surface area contributed by atoms with Crippen LogP contribution in [-0.4, -0.2) is 248 Å². The Bertz CT molecular complexity index is 1720. The van der Waals surface area contributed by atoms with E-state index in [1.54, 1.807) is 0 Å². The zero-order valence-corrected chi connectivity index (χ0v) is 69.1. The second-order valence-electron chi connectivity index (χ2n) is 29.5. The molecule has 94 heavy (non-hydrogen) atoms. The van der Waals surface area contributed by atoms with Crippen molar-refractivity contribution in [1.29, 1.82) is 0 Å². The second kappa shape index (κ2) is 65.5. The molecule has 0 radical (unpaired) electrons. The van der Waals surface area contributed by atoms with Gasteiger partial charge in [-0.25, -0.2) is 4.39 Å². The maximum Gasteiger partial charge on any atom is 0.102 e. The molecule has 12 nitrogen and oxygen atoms in total. The predicted molar refractivity (Wildman–Crippen MR) is 423 cm³/mol. The van der Waals surface area contributed by atoms with Gasteiger partial charge in [-0.1, -0.05) is 129 Å². The largest absolute Gasteiger partial charge is 0.395 e. The molecule has 0 amide bonds. The van der Waals surface area contributed by atoms with Crippen LogP contribution in [0.25, 0.3) is 0 Å². The highest BCUT2D eigenvalue weighted by molar-refractivity contribution is 5.15. The van der Waals surface area contributed by atoms with Crippen LogP contribution in [-0.2, 0) is 13.1 Å². The average Bonchev–Trinajstić information content (AvgIpc) is 1.93. The SMILES string of the molecule is CC(C)N(C)C1CC1.CC(C)N(C)CCF.CC(C)N(C)CCO.CC(C)N1CCC1.CC(C)N1CCCC1.CC(C)NC1CCC1.CC(C)NCc1ccccc1.CCCN(C)C(C)C.CCN(C)C(C)C.CCN(CC)C(C)C.CCN(Cc1ccccc1)C(C)C. The molecule has 2 saturated heterocycles. The maximum absolute atomic E-state index is 11.6. The summed E-state index contributed by atoms with van der Waals surface area (Å²) < 4.78 is 11.6. The molecule has 0 aromatic heterocycles. The fraction of sp³-hybridized carbons (Fsp3) is 0.852. The highest BCUT2D eigenvalue weighted by Crippen LogP contribution is 2.26. The van der Waals surface area contributed by atoms with Crippen molar-refractivity contribution in [2.45, 2.75) is 336 Å². The molecule has 2 aliphatic heterocycles. The van der Waals surface area contributed by atoms with Gasteiger partial charge in [-0.05, 0) is 281 Å². The van der Waals surface area contributed by atoms with Crippen LogP contribution in [0.4, 0.5) is 4.39 Å². The Labute approximate surface area is 590 Å². The lowest BCUT2D eigenvalue weighted by Gasteiger charge is -2.34. The summed E-state index contributed by atoms with van der Waals surface area (Å²) in [6.07, 6.45) is 12.6. The molecule has 4 aliphatic rings. The first-order valence-corrected chi connectivity index (χ1v) is 38.3. The van der Waals surface area contributed by atoms with Gasteiger partial charge in [0.25, 0.3) is 0 Å². The van der Waals surface area contributed by atoms with Crippen LogP contribution >= 0.6 is 0 Å². The highest BCUT2D eigenvalue weighted by atomic mass is 19.1. The smallest absolute Gasteiger partial charge is 0.102 e. The van der Waals surface area contributed by atoms with Gasteiger partial charge < -0.3 is 54.9 Å². The normalized spacial score (nSPS) is 14.6. The van der Waals surface area contributed by atoms with Gasteiger partial charge in [0.15, 0.2) is 0 Å². The van der Waals surface area contributed by atoms with Gasteiger partial charge in [0.2, 0.25) is 0 Å². The lowest BCUT2D eigenvalue weighted by atomic mass is 9.93. The quantitative estimate of drug-likeness (QED) is 0.0798. The predicted octanol–water partition coefficient (Wildman–Crippen LogP) is 17.2. The molecule has 4 fully saturated rings. The summed E-state index contributed by atoms with van der Waals surface area (Å²) in [5.41, 5.74) is 2.75. The Morgan fingerprint density at radius 3 is 1.01 bits per heavy atom. The number of halogens is 1. The monoisotopic (exact) mass is 1330 g/mol. The molecule has 13 heteroatoms. The molecule has 0 bridgehead atoms. The van der Waals surface area contributed by atoms with Crippen LogP contribution in [0, 0.1) is 0 Å². The van der Waals surface area contributed by atoms with Crippen molar-refractivity contribution in [1.82, 2.24) is 54.7 Å². The topological polar surface area (TPSA) is 73.5 Å². The van der Waals surface area contributed by atoms with Gasteiger partial charge in [-0.2, -0.15) is 0 Å². The number of aliphatic hydroxyl groups is 1. The molecule has 562 valence electrons. The lowest BCUT2D eigenvalue weighted by Crippen LogP contribution is -2.41. The van der Waals surface area contributed by atoms with Crippen molar-refractivity contribution >= 4 is 0 Å². The minimum atomic E-state index is -0.241. The molecule has 2 aromatic rings. The maximum atomic E-state index is 11.6.